The largest absolute Gasteiger partial charge is 0.461 e. The Labute approximate surface area is 134 Å². The van der Waals surface area contributed by atoms with Gasteiger partial charge in [0, 0.05) is 17.7 Å². The zero-order valence-corrected chi connectivity index (χ0v) is 12.9. The molecule has 2 heterocycles. The smallest absolute Gasteiger partial charge is 0.230 e. The summed E-state index contributed by atoms with van der Waals surface area (Å²) in [6.07, 6.45) is 4.20. The second kappa shape index (κ2) is 6.62. The molecule has 0 spiro atoms. The van der Waals surface area contributed by atoms with E-state index in [0.29, 0.717) is 23.2 Å². The molecule has 1 aliphatic rings. The fourth-order valence-electron chi connectivity index (χ4n) is 2.21. The topological polar surface area (TPSA) is 44.2 Å². The first-order valence-corrected chi connectivity index (χ1v) is 7.29. The van der Waals surface area contributed by atoms with E-state index in [9.17, 15) is 0 Å². The van der Waals surface area contributed by atoms with Gasteiger partial charge in [-0.1, -0.05) is 41.9 Å². The lowest BCUT2D eigenvalue weighted by Crippen LogP contribution is -1.99. The number of benzene rings is 1. The van der Waals surface area contributed by atoms with Gasteiger partial charge >= 0.3 is 0 Å². The third kappa shape index (κ3) is 3.65. The lowest BCUT2D eigenvalue weighted by molar-refractivity contribution is 0.0830. The molecule has 112 valence electrons. The maximum Gasteiger partial charge on any atom is 0.230 e. The van der Waals surface area contributed by atoms with Gasteiger partial charge in [-0.15, -0.1) is 0 Å². The summed E-state index contributed by atoms with van der Waals surface area (Å²) in [4.78, 5) is 8.63. The fourth-order valence-corrected chi connectivity index (χ4v) is 2.45. The Morgan fingerprint density at radius 2 is 2.09 bits per heavy atom. The van der Waals surface area contributed by atoms with Crippen molar-refractivity contribution in [1.29, 1.82) is 0 Å². The summed E-state index contributed by atoms with van der Waals surface area (Å²) in [5.74, 6) is 1.26. The summed E-state index contributed by atoms with van der Waals surface area (Å²) in [5.41, 5.74) is 2.94. The van der Waals surface area contributed by atoms with Crippen molar-refractivity contribution in [3.63, 3.8) is 0 Å². The SMILES string of the molecule is Cc1cc(Cl)nc(/C=C(\Cc2ccccc2)C2=COCO2)n1. The second-order valence-corrected chi connectivity index (χ2v) is 5.32. The van der Waals surface area contributed by atoms with Gasteiger partial charge in [-0.3, -0.25) is 0 Å². The van der Waals surface area contributed by atoms with E-state index in [-0.39, 0.29) is 6.79 Å². The zero-order valence-electron chi connectivity index (χ0n) is 12.1. The normalized spacial score (nSPS) is 14.3. The van der Waals surface area contributed by atoms with E-state index < -0.39 is 0 Å². The summed E-state index contributed by atoms with van der Waals surface area (Å²) < 4.78 is 10.7. The Bertz CT molecular complexity index is 706. The summed E-state index contributed by atoms with van der Waals surface area (Å²) in [5, 5.41) is 0.426. The molecule has 2 aromatic rings. The van der Waals surface area contributed by atoms with Crippen LogP contribution in [0.4, 0.5) is 0 Å². The predicted octanol–water partition coefficient (Wildman–Crippen LogP) is 3.91. The van der Waals surface area contributed by atoms with Crippen molar-refractivity contribution in [1.82, 2.24) is 9.97 Å². The van der Waals surface area contributed by atoms with Gasteiger partial charge in [0.1, 0.15) is 11.4 Å². The molecule has 0 saturated carbocycles. The fraction of sp³-hybridized carbons (Fsp3) is 0.176. The molecule has 0 saturated heterocycles. The number of allylic oxidation sites excluding steroid dienone is 1. The first kappa shape index (κ1) is 14.6. The van der Waals surface area contributed by atoms with Gasteiger partial charge in [-0.05, 0) is 24.6 Å². The van der Waals surface area contributed by atoms with E-state index in [1.165, 1.54) is 5.56 Å². The van der Waals surface area contributed by atoms with Gasteiger partial charge in [0.25, 0.3) is 0 Å². The number of hydrogen-bond acceptors (Lipinski definition) is 4. The summed E-state index contributed by atoms with van der Waals surface area (Å²) in [6.45, 7) is 2.12. The highest BCUT2D eigenvalue weighted by molar-refractivity contribution is 6.29. The maximum absolute atomic E-state index is 6.00. The Morgan fingerprint density at radius 1 is 1.27 bits per heavy atom. The summed E-state index contributed by atoms with van der Waals surface area (Å²) in [6, 6.07) is 11.9. The molecule has 0 fully saturated rings. The van der Waals surface area contributed by atoms with Crippen molar-refractivity contribution in [3.05, 3.63) is 76.2 Å². The minimum atomic E-state index is 0.233. The molecule has 4 nitrogen and oxygen atoms in total. The van der Waals surface area contributed by atoms with Gasteiger partial charge in [0.15, 0.2) is 11.6 Å². The highest BCUT2D eigenvalue weighted by atomic mass is 35.5. The minimum Gasteiger partial charge on any atom is -0.461 e. The Hall–Kier alpha value is -2.33. The van der Waals surface area contributed by atoms with Gasteiger partial charge in [-0.2, -0.15) is 0 Å². The molecular formula is C17H15ClN2O2. The van der Waals surface area contributed by atoms with Crippen LogP contribution in [-0.2, 0) is 15.9 Å². The third-order valence-electron chi connectivity index (χ3n) is 3.17. The standard InChI is InChI=1S/C17H15ClN2O2/c1-12-7-16(18)20-17(19-12)9-14(15-10-21-11-22-15)8-13-5-3-2-4-6-13/h2-7,9-10H,8,11H2,1H3/b14-9+. The molecule has 0 bridgehead atoms. The van der Waals surface area contributed by atoms with Crippen molar-refractivity contribution in [2.75, 3.05) is 6.79 Å². The molecule has 0 atom stereocenters. The number of ether oxygens (including phenoxy) is 2. The first-order chi connectivity index (χ1) is 10.7. The lowest BCUT2D eigenvalue weighted by atomic mass is 10.0. The number of nitrogens with zero attached hydrogens (tertiary/aromatic N) is 2. The third-order valence-corrected chi connectivity index (χ3v) is 3.36. The molecule has 0 aliphatic carbocycles. The first-order valence-electron chi connectivity index (χ1n) is 6.91. The summed E-state index contributed by atoms with van der Waals surface area (Å²) >= 11 is 6.00. The van der Waals surface area contributed by atoms with Gasteiger partial charge in [-0.25, -0.2) is 9.97 Å². The van der Waals surface area contributed by atoms with Crippen molar-refractivity contribution < 1.29 is 9.47 Å². The quantitative estimate of drug-likeness (QED) is 0.803. The van der Waals surface area contributed by atoms with Crippen LogP contribution in [0, 0.1) is 6.92 Å². The molecule has 0 amide bonds. The molecule has 0 radical (unpaired) electrons. The van der Waals surface area contributed by atoms with Crippen LogP contribution in [0.2, 0.25) is 5.15 Å². The Balaban J connectivity index is 1.95. The molecule has 5 heteroatoms. The van der Waals surface area contributed by atoms with Crippen molar-refractivity contribution in [2.45, 2.75) is 13.3 Å². The van der Waals surface area contributed by atoms with E-state index in [1.54, 1.807) is 12.3 Å². The molecule has 1 aromatic carbocycles. The van der Waals surface area contributed by atoms with E-state index in [2.05, 4.69) is 22.1 Å². The molecule has 22 heavy (non-hydrogen) atoms. The van der Waals surface area contributed by atoms with E-state index in [0.717, 1.165) is 11.3 Å². The van der Waals surface area contributed by atoms with Gasteiger partial charge < -0.3 is 9.47 Å². The van der Waals surface area contributed by atoms with Gasteiger partial charge in [0.05, 0.1) is 0 Å². The van der Waals surface area contributed by atoms with Gasteiger partial charge in [0.2, 0.25) is 6.79 Å². The highest BCUT2D eigenvalue weighted by Crippen LogP contribution is 2.23. The average Bonchev–Trinajstić information content (AvgIpc) is 3.01. The Morgan fingerprint density at radius 3 is 2.77 bits per heavy atom. The van der Waals surface area contributed by atoms with Crippen LogP contribution in [0.25, 0.3) is 6.08 Å². The van der Waals surface area contributed by atoms with Crippen LogP contribution in [0.3, 0.4) is 0 Å². The predicted molar refractivity (Wildman–Crippen MR) is 85.0 cm³/mol. The van der Waals surface area contributed by atoms with E-state index in [1.807, 2.05) is 31.2 Å². The maximum atomic E-state index is 6.00. The molecule has 1 aromatic heterocycles. The highest BCUT2D eigenvalue weighted by Gasteiger charge is 2.14. The molecule has 3 rings (SSSR count). The van der Waals surface area contributed by atoms with E-state index in [4.69, 9.17) is 21.1 Å². The number of aromatic nitrogens is 2. The number of rotatable bonds is 4. The van der Waals surface area contributed by atoms with Crippen molar-refractivity contribution in [2.24, 2.45) is 0 Å². The Kier molecular flexibility index (Phi) is 4.39. The van der Waals surface area contributed by atoms with Crippen molar-refractivity contribution in [3.8, 4) is 0 Å². The number of hydrogen-bond donors (Lipinski definition) is 0. The van der Waals surface area contributed by atoms with Crippen LogP contribution in [0.5, 0.6) is 0 Å². The molecular weight excluding hydrogens is 300 g/mol. The van der Waals surface area contributed by atoms with E-state index >= 15 is 0 Å². The minimum absolute atomic E-state index is 0.233. The molecule has 0 N–H and O–H groups in total. The van der Waals surface area contributed by atoms with Crippen LogP contribution >= 0.6 is 11.6 Å². The van der Waals surface area contributed by atoms with Crippen LogP contribution in [-0.4, -0.2) is 16.8 Å². The number of halogens is 1. The molecule has 1 aliphatic heterocycles. The monoisotopic (exact) mass is 314 g/mol. The van der Waals surface area contributed by atoms with Crippen LogP contribution in [0.1, 0.15) is 17.1 Å². The zero-order chi connectivity index (χ0) is 15.4. The molecule has 0 unspecified atom stereocenters. The average molecular weight is 315 g/mol. The van der Waals surface area contributed by atoms with Crippen LogP contribution in [0.15, 0.2) is 54.0 Å². The number of aryl methyl sites for hydroxylation is 1. The van der Waals surface area contributed by atoms with Crippen molar-refractivity contribution >= 4 is 17.7 Å². The second-order valence-electron chi connectivity index (χ2n) is 4.93. The summed E-state index contributed by atoms with van der Waals surface area (Å²) in [7, 11) is 0. The van der Waals surface area contributed by atoms with Crippen LogP contribution < -0.4 is 0 Å². The lowest BCUT2D eigenvalue weighted by Gasteiger charge is -2.08.